The fourth-order valence-electron chi connectivity index (χ4n) is 8.01. The van der Waals surface area contributed by atoms with Crippen LogP contribution in [-0.4, -0.2) is 136 Å². The summed E-state index contributed by atoms with van der Waals surface area (Å²) in [6, 6.07) is 2.85. The van der Waals surface area contributed by atoms with Crippen LogP contribution < -0.4 is 31.9 Å². The largest absolute Gasteiger partial charge is 0.444 e. The van der Waals surface area contributed by atoms with Crippen LogP contribution in [0.3, 0.4) is 0 Å². The van der Waals surface area contributed by atoms with E-state index < -0.39 is 107 Å². The number of hydrogen-bond donors (Lipinski definition) is 6. The molecule has 67 heavy (non-hydrogen) atoms. The quantitative estimate of drug-likeness (QED) is 0.117. The van der Waals surface area contributed by atoms with Crippen LogP contribution in [0.4, 0.5) is 4.79 Å². The van der Waals surface area contributed by atoms with E-state index in [1.54, 1.807) is 78.8 Å². The normalized spacial score (nSPS) is 18.2. The Labute approximate surface area is 392 Å². The topological polar surface area (TPSA) is 267 Å². The summed E-state index contributed by atoms with van der Waals surface area (Å²) >= 11 is 0. The second kappa shape index (κ2) is 23.8. The van der Waals surface area contributed by atoms with Crippen molar-refractivity contribution in [2.45, 2.75) is 129 Å². The summed E-state index contributed by atoms with van der Waals surface area (Å²) in [5.74, 6) is -7.30. The third-order valence-electron chi connectivity index (χ3n) is 11.5. The maximum Gasteiger partial charge on any atom is 0.410 e. The number of likely N-dealkylation sites (tertiary alicyclic amines) is 1. The van der Waals surface area contributed by atoms with E-state index in [0.29, 0.717) is 24.8 Å². The maximum atomic E-state index is 14.4. The smallest absolute Gasteiger partial charge is 0.410 e. The van der Waals surface area contributed by atoms with Gasteiger partial charge in [-0.25, -0.2) is 9.78 Å². The minimum absolute atomic E-state index is 0.0272. The van der Waals surface area contributed by atoms with Gasteiger partial charge < -0.3 is 46.4 Å². The summed E-state index contributed by atoms with van der Waals surface area (Å²) in [5.41, 5.74) is -1.26. The number of benzene rings is 1. The summed E-state index contributed by atoms with van der Waals surface area (Å²) in [6.45, 7) is 11.0. The molecule has 1 aliphatic heterocycles. The van der Waals surface area contributed by atoms with Crippen LogP contribution in [0.25, 0.3) is 0 Å². The number of carbonyl (C=O) groups is 9. The van der Waals surface area contributed by atoms with Crippen molar-refractivity contribution in [2.24, 2.45) is 17.3 Å². The van der Waals surface area contributed by atoms with E-state index in [4.69, 9.17) is 4.74 Å². The van der Waals surface area contributed by atoms with Gasteiger partial charge in [-0.2, -0.15) is 0 Å². The summed E-state index contributed by atoms with van der Waals surface area (Å²) < 4.78 is 5.60. The molecule has 1 aliphatic carbocycles. The SMILES string of the molecule is CCC[C@H](NC(=O)C1CN(C(=O)OC(C)(C)C)CC1NC(=O)[C@H](NC(=O)[C@@H](NC(=O)c1cnccn1)C1CCCCC1)C(C)(C)C)C(=O)C(=O)NCC(=O)N[C@H](C(=O)N(C)C)c1ccccc1. The number of nitrogens with one attached hydrogen (secondary N) is 6. The average molecular weight is 933 g/mol. The molecule has 0 bridgehead atoms. The Hall–Kier alpha value is -6.47. The molecule has 1 saturated carbocycles. The monoisotopic (exact) mass is 933 g/mol. The highest BCUT2D eigenvalue weighted by atomic mass is 16.6. The first-order valence-electron chi connectivity index (χ1n) is 22.8. The Morgan fingerprint density at radius 3 is 2.09 bits per heavy atom. The van der Waals surface area contributed by atoms with Gasteiger partial charge in [-0.3, -0.25) is 43.3 Å². The Bertz CT molecular complexity index is 2080. The van der Waals surface area contributed by atoms with E-state index in [1.165, 1.54) is 42.5 Å². The number of nitrogens with zero attached hydrogens (tertiary/aromatic N) is 4. The number of hydrogen-bond acceptors (Lipinski definition) is 12. The standard InChI is InChI=1S/C47H68N10O10/c1-10-17-31(37(59)42(63)50-25-34(58)53-36(44(65)56(8)9)29-20-15-12-16-21-29)51-39(60)30-26-57(45(66)67-47(5,6)7)27-33(30)52-43(64)38(46(2,3)4)55-41(62)35(28-18-13-11-14-19-28)54-40(61)32-24-48-22-23-49-32/h12,15-16,20-24,28,30-31,33,35-36,38H,10-11,13-14,17-19,25-27H2,1-9H3,(H,50,63)(H,51,60)(H,52,64)(H,53,58)(H,54,61)(H,55,62)/t30?,31-,33?,35-,36-,38-/m0/s1. The number of amides is 8. The molecule has 2 heterocycles. The average Bonchev–Trinajstić information content (AvgIpc) is 3.71. The summed E-state index contributed by atoms with van der Waals surface area (Å²) in [6.07, 6.45) is 7.80. The van der Waals surface area contributed by atoms with Gasteiger partial charge in [0, 0.05) is 39.6 Å². The zero-order chi connectivity index (χ0) is 49.6. The van der Waals surface area contributed by atoms with Gasteiger partial charge in [0.15, 0.2) is 0 Å². The molecule has 6 atom stereocenters. The van der Waals surface area contributed by atoms with Gasteiger partial charge in [0.05, 0.1) is 30.7 Å². The van der Waals surface area contributed by atoms with Gasteiger partial charge in [0.25, 0.3) is 11.8 Å². The van der Waals surface area contributed by atoms with E-state index in [0.717, 1.165) is 19.3 Å². The Kier molecular flexibility index (Phi) is 18.9. The lowest BCUT2D eigenvalue weighted by Crippen LogP contribution is -2.61. The summed E-state index contributed by atoms with van der Waals surface area (Å²) in [7, 11) is 3.07. The van der Waals surface area contributed by atoms with Crippen molar-refractivity contribution in [2.75, 3.05) is 33.7 Å². The molecular formula is C47H68N10O10. The number of ether oxygens (including phenoxy) is 1. The molecule has 2 aliphatic rings. The highest BCUT2D eigenvalue weighted by Crippen LogP contribution is 2.29. The molecule has 0 radical (unpaired) electrons. The lowest BCUT2D eigenvalue weighted by molar-refractivity contribution is -0.141. The molecule has 20 nitrogen and oxygen atoms in total. The van der Waals surface area contributed by atoms with Gasteiger partial charge in [-0.15, -0.1) is 0 Å². The lowest BCUT2D eigenvalue weighted by Gasteiger charge is -2.35. The van der Waals surface area contributed by atoms with Crippen LogP contribution in [0.5, 0.6) is 0 Å². The molecule has 1 aromatic heterocycles. The molecule has 1 aromatic carbocycles. The van der Waals surface area contributed by atoms with E-state index in [-0.39, 0.29) is 31.1 Å². The first-order valence-corrected chi connectivity index (χ1v) is 22.8. The van der Waals surface area contributed by atoms with Crippen molar-refractivity contribution in [3.05, 3.63) is 60.2 Å². The van der Waals surface area contributed by atoms with Crippen LogP contribution in [-0.2, 0) is 38.3 Å². The van der Waals surface area contributed by atoms with Crippen molar-refractivity contribution in [3.63, 3.8) is 0 Å². The molecular weight excluding hydrogens is 865 g/mol. The van der Waals surface area contributed by atoms with Crippen LogP contribution in [0.1, 0.15) is 116 Å². The van der Waals surface area contributed by atoms with E-state index in [2.05, 4.69) is 41.9 Å². The molecule has 20 heteroatoms. The van der Waals surface area contributed by atoms with Crippen molar-refractivity contribution in [1.82, 2.24) is 51.7 Å². The van der Waals surface area contributed by atoms with E-state index >= 15 is 0 Å². The molecule has 4 rings (SSSR count). The van der Waals surface area contributed by atoms with E-state index in [9.17, 15) is 43.2 Å². The number of Topliss-reactive ketones (excluding diaryl/α,β-unsaturated/α-hetero) is 1. The molecule has 6 N–H and O–H groups in total. The minimum atomic E-state index is -1.35. The molecule has 0 spiro atoms. The zero-order valence-corrected chi connectivity index (χ0v) is 40.1. The van der Waals surface area contributed by atoms with Gasteiger partial charge in [-0.05, 0) is 56.9 Å². The highest BCUT2D eigenvalue weighted by Gasteiger charge is 2.45. The van der Waals surface area contributed by atoms with Crippen LogP contribution in [0.2, 0.25) is 0 Å². The zero-order valence-electron chi connectivity index (χ0n) is 40.1. The second-order valence-corrected chi connectivity index (χ2v) is 19.4. The molecule has 1 saturated heterocycles. The Morgan fingerprint density at radius 2 is 1.51 bits per heavy atom. The van der Waals surface area contributed by atoms with Gasteiger partial charge in [0.1, 0.15) is 29.4 Å². The van der Waals surface area contributed by atoms with Gasteiger partial charge >= 0.3 is 6.09 Å². The van der Waals surface area contributed by atoms with Gasteiger partial charge in [0.2, 0.25) is 35.3 Å². The van der Waals surface area contributed by atoms with Crippen molar-refractivity contribution in [3.8, 4) is 0 Å². The third-order valence-corrected chi connectivity index (χ3v) is 11.5. The van der Waals surface area contributed by atoms with Crippen LogP contribution >= 0.6 is 0 Å². The number of rotatable bonds is 18. The summed E-state index contributed by atoms with van der Waals surface area (Å²) in [5, 5.41) is 16.1. The Morgan fingerprint density at radius 1 is 0.836 bits per heavy atom. The third kappa shape index (κ3) is 15.6. The number of carbonyl (C=O) groups excluding carboxylic acids is 9. The van der Waals surface area contributed by atoms with Crippen molar-refractivity contribution < 1.29 is 47.9 Å². The maximum absolute atomic E-state index is 14.4. The summed E-state index contributed by atoms with van der Waals surface area (Å²) in [4.78, 5) is 133. The minimum Gasteiger partial charge on any atom is -0.444 e. The first kappa shape index (κ1) is 53.1. The Balaban J connectivity index is 1.51. The molecule has 2 aromatic rings. The molecule has 2 unspecified atom stereocenters. The number of ketones is 1. The fourth-order valence-corrected chi connectivity index (χ4v) is 8.01. The molecule has 2 fully saturated rings. The van der Waals surface area contributed by atoms with Gasteiger partial charge in [-0.1, -0.05) is 83.7 Å². The van der Waals surface area contributed by atoms with Crippen molar-refractivity contribution >= 4 is 53.2 Å². The van der Waals surface area contributed by atoms with Crippen LogP contribution in [0, 0.1) is 17.3 Å². The lowest BCUT2D eigenvalue weighted by atomic mass is 9.82. The first-order chi connectivity index (χ1) is 31.5. The fraction of sp³-hybridized carbons (Fsp3) is 0.596. The number of aromatic nitrogens is 2. The predicted octanol–water partition coefficient (Wildman–Crippen LogP) is 1.95. The predicted molar refractivity (Wildman–Crippen MR) is 245 cm³/mol. The highest BCUT2D eigenvalue weighted by molar-refractivity contribution is 6.38. The van der Waals surface area contributed by atoms with Crippen LogP contribution in [0.15, 0.2) is 48.9 Å². The molecule has 366 valence electrons. The number of likely N-dealkylation sites (N-methyl/N-ethyl adjacent to an activating group) is 1. The van der Waals surface area contributed by atoms with Crippen molar-refractivity contribution in [1.29, 1.82) is 0 Å². The van der Waals surface area contributed by atoms with E-state index in [1.807, 2.05) is 0 Å². The second-order valence-electron chi connectivity index (χ2n) is 19.4. The molecule has 8 amide bonds.